The SMILES string of the molecule is COc1ccc(OP(OCC2CC(F)(F)C(n3cnc4c(N)ncnc43)O2)Oc2ccc(OC)cc2)cc1.FCF. The van der Waals surface area contributed by atoms with Crippen LogP contribution in [0.25, 0.3) is 11.2 Å². The maximum atomic E-state index is 15.0. The van der Waals surface area contributed by atoms with Gasteiger partial charge in [-0.1, -0.05) is 0 Å². The molecule has 4 aromatic rings. The maximum absolute atomic E-state index is 15.0. The van der Waals surface area contributed by atoms with Crippen molar-refractivity contribution in [1.29, 1.82) is 0 Å². The van der Waals surface area contributed by atoms with E-state index in [0.717, 1.165) is 4.57 Å². The first-order valence-electron chi connectivity index (χ1n) is 11.9. The number of methoxy groups -OCH3 is 2. The molecule has 2 atom stereocenters. The van der Waals surface area contributed by atoms with Gasteiger partial charge in [-0.3, -0.25) is 9.09 Å². The standard InChI is InChI=1S/C24H24F2N5O6P.CH2F2/c1-32-15-3-7-17(8-4-15)36-38(37-18-9-5-16(33-2)6-10-18)34-12-19-11-24(25,26)23(35-19)31-14-30-20-21(27)28-13-29-22(20)31;2-1-3/h3-10,13-14,19,23H,11-12H2,1-2H3,(H2,27,28,29);1H2. The van der Waals surface area contributed by atoms with Crippen LogP contribution in [0.1, 0.15) is 12.6 Å². The van der Waals surface area contributed by atoms with Gasteiger partial charge in [0.2, 0.25) is 13.2 Å². The minimum Gasteiger partial charge on any atom is -0.497 e. The maximum Gasteiger partial charge on any atom is 0.463 e. The topological polar surface area (TPSA) is 125 Å². The summed E-state index contributed by atoms with van der Waals surface area (Å²) >= 11 is 0. The number of ether oxygens (including phenoxy) is 3. The van der Waals surface area contributed by atoms with E-state index in [1.165, 1.54) is 12.7 Å². The Labute approximate surface area is 233 Å². The monoisotopic (exact) mass is 599 g/mol. The second kappa shape index (κ2) is 13.6. The molecule has 1 aliphatic heterocycles. The number of fused-ring (bicyclic) bond motifs is 1. The summed E-state index contributed by atoms with van der Waals surface area (Å²) in [6.07, 6.45) is -0.804. The molecule has 0 aliphatic carbocycles. The van der Waals surface area contributed by atoms with E-state index in [2.05, 4.69) is 15.0 Å². The molecule has 3 heterocycles. The minimum absolute atomic E-state index is 0.0898. The smallest absolute Gasteiger partial charge is 0.463 e. The third-order valence-corrected chi connectivity index (χ3v) is 6.75. The van der Waals surface area contributed by atoms with Crippen LogP contribution in [0.15, 0.2) is 61.2 Å². The Balaban J connectivity index is 0.00000124. The summed E-state index contributed by atoms with van der Waals surface area (Å²) in [5.74, 6) is -0.952. The number of hydrogen-bond acceptors (Lipinski definition) is 10. The van der Waals surface area contributed by atoms with Crippen LogP contribution < -0.4 is 24.3 Å². The van der Waals surface area contributed by atoms with Gasteiger partial charge in [0.25, 0.3) is 5.92 Å². The van der Waals surface area contributed by atoms with Crippen molar-refractivity contribution < 1.29 is 45.3 Å². The highest BCUT2D eigenvalue weighted by Crippen LogP contribution is 2.47. The Hall–Kier alpha value is -3.94. The molecule has 0 radical (unpaired) electrons. The van der Waals surface area contributed by atoms with E-state index < -0.39 is 40.2 Å². The lowest BCUT2D eigenvalue weighted by Gasteiger charge is -2.20. The molecule has 2 N–H and O–H groups in total. The molecule has 220 valence electrons. The van der Waals surface area contributed by atoms with Crippen LogP contribution in [0.5, 0.6) is 23.0 Å². The van der Waals surface area contributed by atoms with Gasteiger partial charge in [0.15, 0.2) is 11.5 Å². The summed E-state index contributed by atoms with van der Waals surface area (Å²) in [7, 11) is 1.06. The van der Waals surface area contributed by atoms with Crippen molar-refractivity contribution in [2.75, 3.05) is 33.5 Å². The number of anilines is 1. The van der Waals surface area contributed by atoms with Gasteiger partial charge in [0.1, 0.15) is 34.8 Å². The van der Waals surface area contributed by atoms with Gasteiger partial charge in [-0.15, -0.1) is 0 Å². The Morgan fingerprint density at radius 3 is 2.00 bits per heavy atom. The van der Waals surface area contributed by atoms with E-state index in [-0.39, 0.29) is 23.6 Å². The molecular formula is C25H26F4N5O6P. The molecule has 2 unspecified atom stereocenters. The number of imidazole rings is 1. The zero-order chi connectivity index (χ0) is 29.4. The first-order chi connectivity index (χ1) is 19.8. The lowest BCUT2D eigenvalue weighted by molar-refractivity contribution is -0.115. The molecule has 5 rings (SSSR count). The highest BCUT2D eigenvalue weighted by atomic mass is 31.2. The normalized spacial score (nSPS) is 17.6. The molecule has 1 saturated heterocycles. The largest absolute Gasteiger partial charge is 0.497 e. The van der Waals surface area contributed by atoms with Crippen molar-refractivity contribution in [3.63, 3.8) is 0 Å². The van der Waals surface area contributed by atoms with Crippen LogP contribution in [0.2, 0.25) is 0 Å². The fourth-order valence-corrected chi connectivity index (χ4v) is 4.82. The predicted molar refractivity (Wildman–Crippen MR) is 140 cm³/mol. The lowest BCUT2D eigenvalue weighted by Crippen LogP contribution is -2.25. The second-order valence-electron chi connectivity index (χ2n) is 8.31. The third-order valence-electron chi connectivity index (χ3n) is 5.67. The van der Waals surface area contributed by atoms with Gasteiger partial charge in [-0.25, -0.2) is 32.5 Å². The summed E-state index contributed by atoms with van der Waals surface area (Å²) < 4.78 is 84.1. The zero-order valence-electron chi connectivity index (χ0n) is 21.8. The number of nitrogen functional groups attached to an aromatic ring is 1. The number of rotatable bonds is 10. The summed E-state index contributed by atoms with van der Waals surface area (Å²) in [5.41, 5.74) is 6.16. The highest BCUT2D eigenvalue weighted by Gasteiger charge is 2.52. The zero-order valence-corrected chi connectivity index (χ0v) is 22.7. The van der Waals surface area contributed by atoms with Crippen molar-refractivity contribution >= 4 is 25.6 Å². The molecule has 41 heavy (non-hydrogen) atoms. The van der Waals surface area contributed by atoms with Crippen molar-refractivity contribution in [2.45, 2.75) is 24.7 Å². The Morgan fingerprint density at radius 1 is 0.927 bits per heavy atom. The second-order valence-corrected chi connectivity index (χ2v) is 9.38. The molecule has 0 bridgehead atoms. The molecule has 0 saturated carbocycles. The predicted octanol–water partition coefficient (Wildman–Crippen LogP) is 5.63. The molecular weight excluding hydrogens is 573 g/mol. The van der Waals surface area contributed by atoms with Crippen LogP contribution in [0.4, 0.5) is 23.4 Å². The number of benzene rings is 2. The Bertz CT molecular complexity index is 1350. The fraction of sp³-hybridized carbons (Fsp3) is 0.320. The van der Waals surface area contributed by atoms with E-state index in [9.17, 15) is 8.78 Å². The molecule has 1 aliphatic rings. The van der Waals surface area contributed by atoms with Crippen molar-refractivity contribution in [3.05, 3.63) is 61.2 Å². The van der Waals surface area contributed by atoms with E-state index in [4.69, 9.17) is 33.5 Å². The van der Waals surface area contributed by atoms with Crippen molar-refractivity contribution in [2.24, 2.45) is 0 Å². The van der Waals surface area contributed by atoms with Gasteiger partial charge in [-0.2, -0.15) is 0 Å². The fourth-order valence-electron chi connectivity index (χ4n) is 3.80. The Morgan fingerprint density at radius 2 is 1.46 bits per heavy atom. The van der Waals surface area contributed by atoms with Crippen LogP contribution in [-0.4, -0.2) is 59.3 Å². The van der Waals surface area contributed by atoms with Gasteiger partial charge >= 0.3 is 8.60 Å². The molecule has 0 spiro atoms. The van der Waals surface area contributed by atoms with Crippen LogP contribution >= 0.6 is 8.60 Å². The van der Waals surface area contributed by atoms with E-state index in [1.807, 2.05) is 0 Å². The first-order valence-corrected chi connectivity index (χ1v) is 13.0. The molecule has 0 amide bonds. The first kappa shape index (κ1) is 30.0. The van der Waals surface area contributed by atoms with E-state index >= 15 is 8.78 Å². The van der Waals surface area contributed by atoms with E-state index in [1.54, 1.807) is 62.8 Å². The van der Waals surface area contributed by atoms with Crippen LogP contribution in [0.3, 0.4) is 0 Å². The number of aromatic nitrogens is 4. The van der Waals surface area contributed by atoms with Crippen LogP contribution in [0, 0.1) is 0 Å². The molecule has 1 fully saturated rings. The summed E-state index contributed by atoms with van der Waals surface area (Å²) in [6.45, 7) is -1.96. The van der Waals surface area contributed by atoms with Gasteiger partial charge < -0.3 is 29.0 Å². The van der Waals surface area contributed by atoms with Gasteiger partial charge in [0, 0.05) is 6.42 Å². The average Bonchev–Trinajstić information content (AvgIpc) is 3.53. The highest BCUT2D eigenvalue weighted by molar-refractivity contribution is 7.42. The van der Waals surface area contributed by atoms with Crippen molar-refractivity contribution in [3.8, 4) is 23.0 Å². The van der Waals surface area contributed by atoms with Crippen LogP contribution in [-0.2, 0) is 9.26 Å². The number of nitrogens with zero attached hydrogens (tertiary/aromatic N) is 4. The number of halogens is 4. The van der Waals surface area contributed by atoms with E-state index in [0.29, 0.717) is 23.0 Å². The number of alkyl halides is 4. The number of hydrogen-bond donors (Lipinski definition) is 1. The summed E-state index contributed by atoms with van der Waals surface area (Å²) in [5, 5.41) is 0. The summed E-state index contributed by atoms with van der Waals surface area (Å²) in [6, 6.07) is 13.6. The summed E-state index contributed by atoms with van der Waals surface area (Å²) in [4.78, 5) is 11.9. The molecule has 16 heteroatoms. The van der Waals surface area contributed by atoms with Crippen molar-refractivity contribution in [1.82, 2.24) is 19.5 Å². The minimum atomic E-state index is -3.22. The molecule has 2 aromatic heterocycles. The quantitative estimate of drug-likeness (QED) is 0.181. The number of nitrogens with two attached hydrogens (primary N) is 1. The van der Waals surface area contributed by atoms with Gasteiger partial charge in [-0.05, 0) is 48.5 Å². The average molecular weight is 599 g/mol. The lowest BCUT2D eigenvalue weighted by atomic mass is 10.2. The molecule has 2 aromatic carbocycles. The van der Waals surface area contributed by atoms with Gasteiger partial charge in [0.05, 0.1) is 33.3 Å². The Kier molecular flexibility index (Phi) is 9.97. The molecule has 11 nitrogen and oxygen atoms in total. The third kappa shape index (κ3) is 7.43.